The molecule has 0 radical (unpaired) electrons. The number of amides is 4. The number of carbonyl (C=O) groups excluding carboxylic acids is 3. The van der Waals surface area contributed by atoms with E-state index in [1.165, 1.54) is 0 Å². The highest BCUT2D eigenvalue weighted by Crippen LogP contribution is 2.36. The van der Waals surface area contributed by atoms with Crippen LogP contribution in [0.15, 0.2) is 84.9 Å². The van der Waals surface area contributed by atoms with E-state index >= 15 is 0 Å². The Morgan fingerprint density at radius 2 is 1.44 bits per heavy atom. The molecule has 2 heterocycles. The van der Waals surface area contributed by atoms with E-state index in [0.717, 1.165) is 29.0 Å². The molecular weight excluding hydrogens is 402 g/mol. The third kappa shape index (κ3) is 3.15. The van der Waals surface area contributed by atoms with Crippen molar-refractivity contribution in [1.82, 2.24) is 10.2 Å². The second kappa shape index (κ2) is 7.96. The molecule has 3 aromatic carbocycles. The Balaban J connectivity index is 1.49. The Bertz CT molecular complexity index is 1140. The first-order valence-corrected chi connectivity index (χ1v) is 10.7. The second-order valence-electron chi connectivity index (χ2n) is 8.08. The zero-order valence-corrected chi connectivity index (χ0v) is 17.5. The van der Waals surface area contributed by atoms with Crippen LogP contribution in [0, 0.1) is 0 Å². The molecule has 6 heteroatoms. The van der Waals surface area contributed by atoms with Crippen molar-refractivity contribution in [2.45, 2.75) is 18.4 Å². The molecule has 2 aliphatic rings. The number of fused-ring (bicyclic) bond motifs is 1. The van der Waals surface area contributed by atoms with Gasteiger partial charge in [0.15, 0.2) is 5.54 Å². The molecule has 1 saturated heterocycles. The van der Waals surface area contributed by atoms with E-state index in [1.54, 1.807) is 4.90 Å². The lowest BCUT2D eigenvalue weighted by molar-refractivity contribution is -0.133. The van der Waals surface area contributed by atoms with Crippen LogP contribution in [-0.2, 0) is 21.5 Å². The van der Waals surface area contributed by atoms with Gasteiger partial charge in [0.05, 0.1) is 0 Å². The highest BCUT2D eigenvalue weighted by atomic mass is 16.2. The lowest BCUT2D eigenvalue weighted by Crippen LogP contribution is -2.47. The molecule has 160 valence electrons. The van der Waals surface area contributed by atoms with Crippen molar-refractivity contribution in [3.63, 3.8) is 0 Å². The number of aryl methyl sites for hydroxylation is 1. The number of nitrogens with zero attached hydrogens (tertiary/aromatic N) is 2. The van der Waals surface area contributed by atoms with Crippen LogP contribution in [0.5, 0.6) is 0 Å². The summed E-state index contributed by atoms with van der Waals surface area (Å²) in [6, 6.07) is 25.5. The van der Waals surface area contributed by atoms with Crippen molar-refractivity contribution in [2.24, 2.45) is 0 Å². The number of nitrogens with one attached hydrogen (secondary N) is 1. The number of imide groups is 1. The minimum Gasteiger partial charge on any atom is -0.315 e. The van der Waals surface area contributed by atoms with Gasteiger partial charge in [-0.15, -0.1) is 0 Å². The zero-order chi connectivity index (χ0) is 22.1. The molecule has 1 N–H and O–H groups in total. The summed E-state index contributed by atoms with van der Waals surface area (Å²) in [4.78, 5) is 42.8. The first kappa shape index (κ1) is 20.0. The standard InChI is InChI=1S/C26H23N3O3/c30-23(28-17-9-11-19-10-7-8-16-22(19)28)18-29-24(31)26(27-25(29)32,20-12-3-1-4-13-20)21-14-5-2-6-15-21/h1-8,10,12-16H,9,11,17-18H2,(H,27,32). The Morgan fingerprint density at radius 1 is 0.844 bits per heavy atom. The van der Waals surface area contributed by atoms with E-state index in [1.807, 2.05) is 84.9 Å². The van der Waals surface area contributed by atoms with Crippen molar-refractivity contribution < 1.29 is 14.4 Å². The summed E-state index contributed by atoms with van der Waals surface area (Å²) in [5, 5.41) is 2.89. The first-order chi connectivity index (χ1) is 15.6. The van der Waals surface area contributed by atoms with Crippen molar-refractivity contribution >= 4 is 23.5 Å². The Hall–Kier alpha value is -3.93. The van der Waals surface area contributed by atoms with E-state index < -0.39 is 17.5 Å². The molecule has 0 atom stereocenters. The Kier molecular flexibility index (Phi) is 4.98. The highest BCUT2D eigenvalue weighted by molar-refractivity contribution is 6.12. The van der Waals surface area contributed by atoms with E-state index in [-0.39, 0.29) is 12.5 Å². The maximum atomic E-state index is 13.8. The van der Waals surface area contributed by atoms with E-state index in [2.05, 4.69) is 5.32 Å². The molecule has 0 aromatic heterocycles. The molecule has 0 bridgehead atoms. The molecule has 0 aliphatic carbocycles. The number of rotatable bonds is 4. The number of benzene rings is 3. The van der Waals surface area contributed by atoms with Gasteiger partial charge in [-0.25, -0.2) is 4.79 Å². The predicted octanol–water partition coefficient (Wildman–Crippen LogP) is 3.46. The molecule has 3 aromatic rings. The van der Waals surface area contributed by atoms with E-state index in [4.69, 9.17) is 0 Å². The third-order valence-electron chi connectivity index (χ3n) is 6.22. The maximum absolute atomic E-state index is 13.8. The topological polar surface area (TPSA) is 69.7 Å². The zero-order valence-electron chi connectivity index (χ0n) is 17.5. The summed E-state index contributed by atoms with van der Waals surface area (Å²) in [6.07, 6.45) is 1.76. The van der Waals surface area contributed by atoms with Gasteiger partial charge in [0.25, 0.3) is 5.91 Å². The fraction of sp³-hybridized carbons (Fsp3) is 0.192. The Morgan fingerprint density at radius 3 is 2.09 bits per heavy atom. The van der Waals surface area contributed by atoms with Crippen LogP contribution in [-0.4, -0.2) is 35.8 Å². The smallest absolute Gasteiger partial charge is 0.315 e. The highest BCUT2D eigenvalue weighted by Gasteiger charge is 2.54. The van der Waals surface area contributed by atoms with Crippen LogP contribution in [0.25, 0.3) is 0 Å². The summed E-state index contributed by atoms with van der Waals surface area (Å²) >= 11 is 0. The van der Waals surface area contributed by atoms with Gasteiger partial charge in [-0.3, -0.25) is 14.5 Å². The number of urea groups is 1. The molecule has 6 nitrogen and oxygen atoms in total. The van der Waals surface area contributed by atoms with Gasteiger partial charge < -0.3 is 10.2 Å². The van der Waals surface area contributed by atoms with Gasteiger partial charge in [-0.05, 0) is 35.6 Å². The lowest BCUT2D eigenvalue weighted by atomic mass is 9.82. The predicted molar refractivity (Wildman–Crippen MR) is 121 cm³/mol. The minimum absolute atomic E-state index is 0.266. The Labute approximate surface area is 186 Å². The molecule has 1 fully saturated rings. The number of para-hydroxylation sites is 1. The molecule has 2 aliphatic heterocycles. The molecule has 0 spiro atoms. The molecule has 0 saturated carbocycles. The van der Waals surface area contributed by atoms with Crippen molar-refractivity contribution in [2.75, 3.05) is 18.0 Å². The van der Waals surface area contributed by atoms with Gasteiger partial charge in [0, 0.05) is 12.2 Å². The number of hydrogen-bond donors (Lipinski definition) is 1. The minimum atomic E-state index is -1.36. The van der Waals surface area contributed by atoms with Crippen LogP contribution in [0.4, 0.5) is 10.5 Å². The van der Waals surface area contributed by atoms with Crippen LogP contribution < -0.4 is 10.2 Å². The van der Waals surface area contributed by atoms with Gasteiger partial charge in [-0.1, -0.05) is 78.9 Å². The van der Waals surface area contributed by atoms with Crippen LogP contribution in [0.2, 0.25) is 0 Å². The first-order valence-electron chi connectivity index (χ1n) is 10.7. The summed E-state index contributed by atoms with van der Waals surface area (Å²) in [5.74, 6) is -0.712. The van der Waals surface area contributed by atoms with Crippen LogP contribution >= 0.6 is 0 Å². The monoisotopic (exact) mass is 425 g/mol. The fourth-order valence-corrected chi connectivity index (χ4v) is 4.67. The number of anilines is 1. The normalized spacial score (nSPS) is 17.1. The molecular formula is C26H23N3O3. The fourth-order valence-electron chi connectivity index (χ4n) is 4.67. The molecule has 0 unspecified atom stereocenters. The average molecular weight is 425 g/mol. The quantitative estimate of drug-likeness (QED) is 0.651. The van der Waals surface area contributed by atoms with Gasteiger partial charge >= 0.3 is 6.03 Å². The van der Waals surface area contributed by atoms with E-state index in [9.17, 15) is 14.4 Å². The average Bonchev–Trinajstić information content (AvgIpc) is 3.10. The second-order valence-corrected chi connectivity index (χ2v) is 8.08. The third-order valence-corrected chi connectivity index (χ3v) is 6.22. The summed E-state index contributed by atoms with van der Waals surface area (Å²) in [5.41, 5.74) is 1.91. The van der Waals surface area contributed by atoms with Crippen molar-refractivity contribution in [1.29, 1.82) is 0 Å². The van der Waals surface area contributed by atoms with E-state index in [0.29, 0.717) is 17.7 Å². The molecule has 5 rings (SSSR count). The SMILES string of the molecule is O=C1NC(c2ccccc2)(c2ccccc2)C(=O)N1CC(=O)N1CCCc2ccccc21. The number of hydrogen-bond acceptors (Lipinski definition) is 3. The lowest BCUT2D eigenvalue weighted by Gasteiger charge is -2.31. The molecule has 32 heavy (non-hydrogen) atoms. The van der Waals surface area contributed by atoms with Gasteiger partial charge in [0.1, 0.15) is 6.54 Å². The van der Waals surface area contributed by atoms with Crippen molar-refractivity contribution in [3.05, 3.63) is 102 Å². The van der Waals surface area contributed by atoms with Gasteiger partial charge in [0.2, 0.25) is 5.91 Å². The number of carbonyl (C=O) groups is 3. The maximum Gasteiger partial charge on any atom is 0.326 e. The van der Waals surface area contributed by atoms with Crippen LogP contribution in [0.3, 0.4) is 0 Å². The van der Waals surface area contributed by atoms with Crippen molar-refractivity contribution in [3.8, 4) is 0 Å². The summed E-state index contributed by atoms with van der Waals surface area (Å²) < 4.78 is 0. The summed E-state index contributed by atoms with van der Waals surface area (Å²) in [7, 11) is 0. The largest absolute Gasteiger partial charge is 0.326 e. The summed E-state index contributed by atoms with van der Waals surface area (Å²) in [6.45, 7) is 0.266. The molecule has 4 amide bonds. The van der Waals surface area contributed by atoms with Gasteiger partial charge in [-0.2, -0.15) is 0 Å². The van der Waals surface area contributed by atoms with Crippen LogP contribution in [0.1, 0.15) is 23.1 Å².